The lowest BCUT2D eigenvalue weighted by atomic mass is 9.91. The second-order valence-corrected chi connectivity index (χ2v) is 6.25. The van der Waals surface area contributed by atoms with Gasteiger partial charge in [0, 0.05) is 12.6 Å². The number of aromatic amines is 1. The van der Waals surface area contributed by atoms with Gasteiger partial charge >= 0.3 is 0 Å². The fourth-order valence-corrected chi connectivity index (χ4v) is 4.12. The number of fused-ring (bicyclic) bond motifs is 2. The molecule has 0 spiro atoms. The van der Waals surface area contributed by atoms with E-state index in [2.05, 4.69) is 14.9 Å². The number of hydrogen-bond donors (Lipinski definition) is 2. The minimum absolute atomic E-state index is 0.129. The Morgan fingerprint density at radius 3 is 3.00 bits per heavy atom. The average molecular weight is 284 g/mol. The van der Waals surface area contributed by atoms with E-state index in [4.69, 9.17) is 5.73 Å². The zero-order valence-electron chi connectivity index (χ0n) is 12.0. The predicted octanol–water partition coefficient (Wildman–Crippen LogP) is 2.27. The van der Waals surface area contributed by atoms with Gasteiger partial charge in [-0.05, 0) is 43.7 Å². The number of benzene rings is 1. The lowest BCUT2D eigenvalue weighted by molar-refractivity contribution is 0.363. The van der Waals surface area contributed by atoms with Crippen LogP contribution in [0.3, 0.4) is 0 Å². The molecule has 2 aromatic rings. The first kappa shape index (κ1) is 12.7. The average Bonchev–Trinajstić information content (AvgIpc) is 2.96. The van der Waals surface area contributed by atoms with Crippen LogP contribution in [0.2, 0.25) is 0 Å². The number of nitrogens with two attached hydrogens (primary N) is 1. The fraction of sp³-hybridized carbons (Fsp3) is 0.500. The second-order valence-electron chi connectivity index (χ2n) is 6.25. The number of piperidine rings is 1. The van der Waals surface area contributed by atoms with E-state index in [-0.39, 0.29) is 5.56 Å². The van der Waals surface area contributed by atoms with E-state index in [0.717, 1.165) is 23.7 Å². The van der Waals surface area contributed by atoms with Crippen molar-refractivity contribution >= 4 is 22.3 Å². The molecule has 1 aromatic heterocycles. The minimum Gasteiger partial charge on any atom is -0.397 e. The first-order valence-corrected chi connectivity index (χ1v) is 7.77. The highest BCUT2D eigenvalue weighted by molar-refractivity contribution is 5.88. The highest BCUT2D eigenvalue weighted by Crippen LogP contribution is 2.41. The van der Waals surface area contributed by atoms with Crippen molar-refractivity contribution in [3.8, 4) is 0 Å². The Morgan fingerprint density at radius 2 is 2.10 bits per heavy atom. The van der Waals surface area contributed by atoms with Gasteiger partial charge in [0.05, 0.1) is 28.6 Å². The molecular formula is C16H20N4O. The molecule has 5 nitrogen and oxygen atoms in total. The summed E-state index contributed by atoms with van der Waals surface area (Å²) < 4.78 is 0. The van der Waals surface area contributed by atoms with Crippen molar-refractivity contribution in [2.24, 2.45) is 5.92 Å². The van der Waals surface area contributed by atoms with Gasteiger partial charge in [-0.15, -0.1) is 0 Å². The van der Waals surface area contributed by atoms with Crippen LogP contribution in [0.25, 0.3) is 10.9 Å². The van der Waals surface area contributed by atoms with Crippen molar-refractivity contribution < 1.29 is 0 Å². The molecule has 2 fully saturated rings. The molecule has 0 amide bonds. The Balaban J connectivity index is 1.82. The van der Waals surface area contributed by atoms with E-state index in [1.165, 1.54) is 38.4 Å². The molecule has 1 aliphatic heterocycles. The molecule has 110 valence electrons. The molecule has 2 aliphatic rings. The number of nitrogen functional groups attached to an aromatic ring is 1. The highest BCUT2D eigenvalue weighted by atomic mass is 16.1. The predicted molar refractivity (Wildman–Crippen MR) is 84.5 cm³/mol. The third kappa shape index (κ3) is 1.99. The molecule has 2 unspecified atom stereocenters. The van der Waals surface area contributed by atoms with E-state index in [1.54, 1.807) is 6.07 Å². The lowest BCUT2D eigenvalue weighted by Crippen LogP contribution is -2.43. The first-order chi connectivity index (χ1) is 10.2. The third-order valence-electron chi connectivity index (χ3n) is 5.09. The number of nitrogens with zero attached hydrogens (tertiary/aromatic N) is 2. The smallest absolute Gasteiger partial charge is 0.258 e. The monoisotopic (exact) mass is 284 g/mol. The Kier molecular flexibility index (Phi) is 2.87. The molecule has 21 heavy (non-hydrogen) atoms. The van der Waals surface area contributed by atoms with Gasteiger partial charge in [-0.3, -0.25) is 4.79 Å². The summed E-state index contributed by atoms with van der Waals surface area (Å²) in [5.41, 5.74) is 8.58. The highest BCUT2D eigenvalue weighted by Gasteiger charge is 2.35. The molecule has 5 heteroatoms. The summed E-state index contributed by atoms with van der Waals surface area (Å²) in [5, 5.41) is 0.568. The summed E-state index contributed by atoms with van der Waals surface area (Å²) >= 11 is 0. The quantitative estimate of drug-likeness (QED) is 0.788. The summed E-state index contributed by atoms with van der Waals surface area (Å²) in [6, 6.07) is 4.37. The van der Waals surface area contributed by atoms with Crippen molar-refractivity contribution in [3.63, 3.8) is 0 Å². The summed E-state index contributed by atoms with van der Waals surface area (Å²) in [6.07, 6.45) is 7.93. The van der Waals surface area contributed by atoms with Crippen molar-refractivity contribution in [2.45, 2.75) is 38.1 Å². The number of H-pyrrole nitrogens is 1. The van der Waals surface area contributed by atoms with Crippen LogP contribution in [0.15, 0.2) is 23.3 Å². The topological polar surface area (TPSA) is 75.0 Å². The van der Waals surface area contributed by atoms with Gasteiger partial charge in [0.15, 0.2) is 0 Å². The van der Waals surface area contributed by atoms with Crippen LogP contribution in [0.4, 0.5) is 11.4 Å². The minimum atomic E-state index is -0.129. The van der Waals surface area contributed by atoms with E-state index in [9.17, 15) is 4.79 Å². The summed E-state index contributed by atoms with van der Waals surface area (Å²) in [5.74, 6) is 0.806. The molecule has 3 N–H and O–H groups in total. The fourth-order valence-electron chi connectivity index (χ4n) is 4.12. The van der Waals surface area contributed by atoms with E-state index < -0.39 is 0 Å². The van der Waals surface area contributed by atoms with Gasteiger partial charge < -0.3 is 15.6 Å². The lowest BCUT2D eigenvalue weighted by Gasteiger charge is -2.40. The molecular weight excluding hydrogens is 264 g/mol. The Labute approximate surface area is 123 Å². The summed E-state index contributed by atoms with van der Waals surface area (Å²) in [7, 11) is 0. The summed E-state index contributed by atoms with van der Waals surface area (Å²) in [4.78, 5) is 21.2. The molecule has 0 radical (unpaired) electrons. The second kappa shape index (κ2) is 4.76. The van der Waals surface area contributed by atoms with Crippen LogP contribution < -0.4 is 16.2 Å². The Hall–Kier alpha value is -2.04. The Bertz CT molecular complexity index is 739. The van der Waals surface area contributed by atoms with Crippen LogP contribution in [-0.2, 0) is 0 Å². The van der Waals surface area contributed by atoms with Gasteiger partial charge in [0.2, 0.25) is 0 Å². The molecule has 0 bridgehead atoms. The maximum absolute atomic E-state index is 11.8. The molecule has 1 aliphatic carbocycles. The Morgan fingerprint density at radius 1 is 1.24 bits per heavy atom. The summed E-state index contributed by atoms with van der Waals surface area (Å²) in [6.45, 7) is 1.06. The number of anilines is 2. The molecule has 4 rings (SSSR count). The standard InChI is InChI=1S/C16H20N4O/c17-12-7-11-13(18-9-19-16(11)21)8-15(12)20-6-2-4-10-3-1-5-14(10)20/h7-10,14H,1-6,17H2,(H,18,19,21). The molecule has 2 atom stereocenters. The molecule has 1 saturated carbocycles. The van der Waals surface area contributed by atoms with Crippen molar-refractivity contribution in [3.05, 3.63) is 28.8 Å². The van der Waals surface area contributed by atoms with Crippen LogP contribution in [0.1, 0.15) is 32.1 Å². The SMILES string of the molecule is Nc1cc2c(=O)[nH]cnc2cc1N1CCCC2CCCC21. The number of aromatic nitrogens is 2. The van der Waals surface area contributed by atoms with E-state index in [1.807, 2.05) is 6.07 Å². The van der Waals surface area contributed by atoms with Crippen LogP contribution in [0.5, 0.6) is 0 Å². The van der Waals surface area contributed by atoms with Crippen molar-refractivity contribution in [1.82, 2.24) is 9.97 Å². The van der Waals surface area contributed by atoms with Gasteiger partial charge in [-0.2, -0.15) is 0 Å². The van der Waals surface area contributed by atoms with Crippen molar-refractivity contribution in [2.75, 3.05) is 17.2 Å². The van der Waals surface area contributed by atoms with Gasteiger partial charge in [0.25, 0.3) is 5.56 Å². The largest absolute Gasteiger partial charge is 0.397 e. The van der Waals surface area contributed by atoms with E-state index >= 15 is 0 Å². The number of hydrogen-bond acceptors (Lipinski definition) is 4. The van der Waals surface area contributed by atoms with Gasteiger partial charge in [-0.25, -0.2) is 4.98 Å². The van der Waals surface area contributed by atoms with Crippen LogP contribution in [-0.4, -0.2) is 22.6 Å². The normalized spacial score (nSPS) is 25.2. The number of rotatable bonds is 1. The number of nitrogens with one attached hydrogen (secondary N) is 1. The van der Waals surface area contributed by atoms with E-state index in [0.29, 0.717) is 17.1 Å². The molecule has 1 aromatic carbocycles. The van der Waals surface area contributed by atoms with Gasteiger partial charge in [0.1, 0.15) is 0 Å². The zero-order chi connectivity index (χ0) is 14.4. The zero-order valence-corrected chi connectivity index (χ0v) is 12.0. The van der Waals surface area contributed by atoms with Crippen molar-refractivity contribution in [1.29, 1.82) is 0 Å². The van der Waals surface area contributed by atoms with Crippen LogP contribution >= 0.6 is 0 Å². The third-order valence-corrected chi connectivity index (χ3v) is 5.09. The van der Waals surface area contributed by atoms with Crippen LogP contribution in [0, 0.1) is 5.92 Å². The molecule has 1 saturated heterocycles. The van der Waals surface area contributed by atoms with Gasteiger partial charge in [-0.1, -0.05) is 6.42 Å². The maximum Gasteiger partial charge on any atom is 0.258 e. The maximum atomic E-state index is 11.8. The first-order valence-electron chi connectivity index (χ1n) is 7.77. The molecule has 2 heterocycles.